The third-order valence-corrected chi connectivity index (χ3v) is 3.03. The quantitative estimate of drug-likeness (QED) is 0.461. The van der Waals surface area contributed by atoms with Gasteiger partial charge in [-0.2, -0.15) is 0 Å². The second-order valence-corrected chi connectivity index (χ2v) is 4.38. The van der Waals surface area contributed by atoms with E-state index < -0.39 is 0 Å². The van der Waals surface area contributed by atoms with Crippen molar-refractivity contribution >= 4 is 5.91 Å². The molecular weight excluding hydrogens is 232 g/mol. The number of ether oxygens (including phenoxy) is 2. The van der Waals surface area contributed by atoms with Crippen LogP contribution in [0.3, 0.4) is 0 Å². The van der Waals surface area contributed by atoms with Crippen LogP contribution in [0, 0.1) is 5.92 Å². The lowest BCUT2D eigenvalue weighted by atomic mass is 10.1. The fourth-order valence-electron chi connectivity index (χ4n) is 2.00. The maximum atomic E-state index is 11.5. The molecule has 1 amide bonds. The van der Waals surface area contributed by atoms with Crippen LogP contribution in [0.25, 0.3) is 0 Å². The normalized spacial score (nSPS) is 18.8. The zero-order valence-electron chi connectivity index (χ0n) is 10.2. The number of carbonyl (C=O) groups excluding carboxylic acids is 1. The van der Waals surface area contributed by atoms with Gasteiger partial charge in [-0.15, -0.1) is 0 Å². The molecule has 1 aromatic carbocycles. The largest absolute Gasteiger partial charge is 0.381 e. The van der Waals surface area contributed by atoms with E-state index >= 15 is 0 Å². The van der Waals surface area contributed by atoms with Crippen molar-refractivity contribution in [1.29, 1.82) is 0 Å². The highest BCUT2D eigenvalue weighted by Gasteiger charge is 2.16. The van der Waals surface area contributed by atoms with Gasteiger partial charge in [0, 0.05) is 18.1 Å². The zero-order valence-corrected chi connectivity index (χ0v) is 10.2. The predicted molar refractivity (Wildman–Crippen MR) is 66.7 cm³/mol. The molecule has 0 saturated carbocycles. The maximum Gasteiger partial charge on any atom is 0.265 e. The minimum Gasteiger partial charge on any atom is -0.381 e. The summed E-state index contributed by atoms with van der Waals surface area (Å²) in [6.07, 6.45) is 1.05. The third kappa shape index (κ3) is 3.29. The molecule has 98 valence electrons. The Morgan fingerprint density at radius 1 is 1.50 bits per heavy atom. The molecule has 1 aromatic rings. The lowest BCUT2D eigenvalue weighted by molar-refractivity contribution is 0.0775. The molecule has 0 spiro atoms. The van der Waals surface area contributed by atoms with E-state index in [2.05, 4.69) is 5.43 Å². The molecule has 0 bridgehead atoms. The first kappa shape index (κ1) is 13.0. The Labute approximate surface area is 106 Å². The number of nitrogen functional groups attached to an aromatic ring is 1. The van der Waals surface area contributed by atoms with E-state index in [1.54, 1.807) is 12.1 Å². The van der Waals surface area contributed by atoms with Crippen molar-refractivity contribution < 1.29 is 14.3 Å². The second kappa shape index (κ2) is 6.49. The molecule has 1 saturated heterocycles. The summed E-state index contributed by atoms with van der Waals surface area (Å²) in [6, 6.07) is 7.29. The SMILES string of the molecule is NNC(=O)c1ccccc1COCC1CCOC1. The predicted octanol–water partition coefficient (Wildman–Crippen LogP) is 0.843. The molecule has 1 unspecified atom stereocenters. The van der Waals surface area contributed by atoms with Gasteiger partial charge >= 0.3 is 0 Å². The van der Waals surface area contributed by atoms with E-state index in [9.17, 15) is 4.79 Å². The molecule has 5 nitrogen and oxygen atoms in total. The van der Waals surface area contributed by atoms with E-state index in [0.29, 0.717) is 24.7 Å². The number of hydrazine groups is 1. The number of rotatable bonds is 5. The molecule has 2 rings (SSSR count). The number of carbonyl (C=O) groups is 1. The van der Waals surface area contributed by atoms with Crippen molar-refractivity contribution in [2.45, 2.75) is 13.0 Å². The van der Waals surface area contributed by atoms with Gasteiger partial charge in [-0.3, -0.25) is 10.2 Å². The third-order valence-electron chi connectivity index (χ3n) is 3.03. The van der Waals surface area contributed by atoms with E-state index in [4.69, 9.17) is 15.3 Å². The molecular formula is C13H18N2O3. The Morgan fingerprint density at radius 2 is 2.33 bits per heavy atom. The first-order valence-corrected chi connectivity index (χ1v) is 6.05. The van der Waals surface area contributed by atoms with Gasteiger partial charge in [-0.1, -0.05) is 18.2 Å². The topological polar surface area (TPSA) is 73.6 Å². The van der Waals surface area contributed by atoms with Gasteiger partial charge in [0.1, 0.15) is 0 Å². The van der Waals surface area contributed by atoms with Gasteiger partial charge < -0.3 is 9.47 Å². The number of hydrogen-bond donors (Lipinski definition) is 2. The average Bonchev–Trinajstić information content (AvgIpc) is 2.92. The zero-order chi connectivity index (χ0) is 12.8. The first-order chi connectivity index (χ1) is 8.81. The van der Waals surface area contributed by atoms with Crippen LogP contribution in [0.2, 0.25) is 0 Å². The van der Waals surface area contributed by atoms with Gasteiger partial charge in [-0.05, 0) is 18.1 Å². The van der Waals surface area contributed by atoms with Crippen molar-refractivity contribution in [3.63, 3.8) is 0 Å². The highest BCUT2D eigenvalue weighted by molar-refractivity contribution is 5.95. The molecule has 1 heterocycles. The van der Waals surface area contributed by atoms with Gasteiger partial charge in [0.2, 0.25) is 0 Å². The molecule has 3 N–H and O–H groups in total. The Kier molecular flexibility index (Phi) is 4.69. The fraction of sp³-hybridized carbons (Fsp3) is 0.462. The standard InChI is InChI=1S/C13H18N2O3/c14-15-13(16)12-4-2-1-3-11(12)9-18-8-10-5-6-17-7-10/h1-4,10H,5-9,14H2,(H,15,16). The average molecular weight is 250 g/mol. The van der Waals surface area contributed by atoms with E-state index in [0.717, 1.165) is 25.2 Å². The maximum absolute atomic E-state index is 11.5. The highest BCUT2D eigenvalue weighted by atomic mass is 16.5. The summed E-state index contributed by atoms with van der Waals surface area (Å²) in [4.78, 5) is 11.5. The van der Waals surface area contributed by atoms with Crippen LogP contribution in [0.4, 0.5) is 0 Å². The van der Waals surface area contributed by atoms with Gasteiger partial charge in [0.15, 0.2) is 0 Å². The van der Waals surface area contributed by atoms with Crippen LogP contribution < -0.4 is 11.3 Å². The Hall–Kier alpha value is -1.43. The van der Waals surface area contributed by atoms with Crippen molar-refractivity contribution in [1.82, 2.24) is 5.43 Å². The first-order valence-electron chi connectivity index (χ1n) is 6.05. The minimum absolute atomic E-state index is 0.293. The molecule has 0 aromatic heterocycles. The lowest BCUT2D eigenvalue weighted by Gasteiger charge is -2.11. The van der Waals surface area contributed by atoms with Crippen LogP contribution in [0.15, 0.2) is 24.3 Å². The summed E-state index contributed by atoms with van der Waals surface area (Å²) in [5.74, 6) is 5.32. The second-order valence-electron chi connectivity index (χ2n) is 4.38. The summed E-state index contributed by atoms with van der Waals surface area (Å²) in [7, 11) is 0. The number of nitrogens with two attached hydrogens (primary N) is 1. The molecule has 0 aliphatic carbocycles. The van der Waals surface area contributed by atoms with Crippen LogP contribution in [0.5, 0.6) is 0 Å². The van der Waals surface area contributed by atoms with Crippen molar-refractivity contribution in [3.8, 4) is 0 Å². The van der Waals surface area contributed by atoms with E-state index in [1.165, 1.54) is 0 Å². The van der Waals surface area contributed by atoms with Crippen LogP contribution in [-0.4, -0.2) is 25.7 Å². The van der Waals surface area contributed by atoms with Crippen molar-refractivity contribution in [2.75, 3.05) is 19.8 Å². The minimum atomic E-state index is -0.293. The lowest BCUT2D eigenvalue weighted by Crippen LogP contribution is -2.30. The number of benzene rings is 1. The van der Waals surface area contributed by atoms with Gasteiger partial charge in [-0.25, -0.2) is 5.84 Å². The van der Waals surface area contributed by atoms with Gasteiger partial charge in [0.25, 0.3) is 5.91 Å². The molecule has 1 fully saturated rings. The van der Waals surface area contributed by atoms with Crippen LogP contribution in [0.1, 0.15) is 22.3 Å². The number of nitrogens with one attached hydrogen (secondary N) is 1. The Morgan fingerprint density at radius 3 is 3.06 bits per heavy atom. The molecule has 1 aliphatic rings. The van der Waals surface area contributed by atoms with Crippen molar-refractivity contribution in [3.05, 3.63) is 35.4 Å². The summed E-state index contributed by atoms with van der Waals surface area (Å²) < 4.78 is 10.9. The van der Waals surface area contributed by atoms with Crippen LogP contribution >= 0.6 is 0 Å². The monoisotopic (exact) mass is 250 g/mol. The summed E-state index contributed by atoms with van der Waals surface area (Å²) in [5.41, 5.74) is 3.54. The highest BCUT2D eigenvalue weighted by Crippen LogP contribution is 2.15. The Balaban J connectivity index is 1.89. The smallest absolute Gasteiger partial charge is 0.265 e. The fourth-order valence-corrected chi connectivity index (χ4v) is 2.00. The molecule has 1 atom stereocenters. The number of amides is 1. The van der Waals surface area contributed by atoms with E-state index in [1.807, 2.05) is 12.1 Å². The Bertz CT molecular complexity index is 403. The molecule has 18 heavy (non-hydrogen) atoms. The summed E-state index contributed by atoms with van der Waals surface area (Å²) in [5, 5.41) is 0. The molecule has 1 aliphatic heterocycles. The number of hydrogen-bond acceptors (Lipinski definition) is 4. The molecule has 5 heteroatoms. The summed E-state index contributed by atoms with van der Waals surface area (Å²) >= 11 is 0. The summed E-state index contributed by atoms with van der Waals surface area (Å²) in [6.45, 7) is 2.67. The van der Waals surface area contributed by atoms with Gasteiger partial charge in [0.05, 0.1) is 19.8 Å². The van der Waals surface area contributed by atoms with E-state index in [-0.39, 0.29) is 5.91 Å². The molecule has 0 radical (unpaired) electrons. The van der Waals surface area contributed by atoms with Crippen molar-refractivity contribution in [2.24, 2.45) is 11.8 Å². The van der Waals surface area contributed by atoms with Crippen LogP contribution in [-0.2, 0) is 16.1 Å².